The third-order valence-electron chi connectivity index (χ3n) is 14.5. The van der Waals surface area contributed by atoms with Gasteiger partial charge >= 0.3 is 39.5 Å². The number of phosphoric acid groups is 2. The Kier molecular flexibility index (Phi) is 54.3. The van der Waals surface area contributed by atoms with Crippen molar-refractivity contribution in [3.05, 3.63) is 0 Å². The third kappa shape index (κ3) is 57.2. The van der Waals surface area contributed by atoms with E-state index in [2.05, 4.69) is 41.5 Å². The maximum atomic E-state index is 13.0. The Morgan fingerprint density at radius 1 is 0.329 bits per heavy atom. The molecule has 0 heterocycles. The van der Waals surface area contributed by atoms with Gasteiger partial charge in [0, 0.05) is 25.7 Å². The molecule has 19 heteroatoms. The fourth-order valence-electron chi connectivity index (χ4n) is 9.35. The van der Waals surface area contributed by atoms with Crippen molar-refractivity contribution in [3.8, 4) is 0 Å². The number of hydrogen-bond donors (Lipinski definition) is 3. The smallest absolute Gasteiger partial charge is 0.462 e. The molecule has 0 spiro atoms. The summed E-state index contributed by atoms with van der Waals surface area (Å²) in [5.41, 5.74) is 0. The summed E-state index contributed by atoms with van der Waals surface area (Å²) in [7, 11) is -9.88. The van der Waals surface area contributed by atoms with Crippen LogP contribution in [0, 0.1) is 11.8 Å². The van der Waals surface area contributed by atoms with E-state index in [1.807, 2.05) is 0 Å². The van der Waals surface area contributed by atoms with E-state index in [9.17, 15) is 43.2 Å². The fraction of sp³-hybridized carbons (Fsp3) is 0.937. The monoisotopic (exact) mass is 1210 g/mol. The van der Waals surface area contributed by atoms with Crippen molar-refractivity contribution >= 4 is 39.5 Å². The van der Waals surface area contributed by atoms with Gasteiger partial charge in [-0.05, 0) is 37.5 Å². The molecule has 82 heavy (non-hydrogen) atoms. The molecule has 3 N–H and O–H groups in total. The Morgan fingerprint density at radius 3 is 0.829 bits per heavy atom. The van der Waals surface area contributed by atoms with Crippen LogP contribution in [0.1, 0.15) is 311 Å². The van der Waals surface area contributed by atoms with Crippen LogP contribution in [0.25, 0.3) is 0 Å². The number of hydrogen-bond acceptors (Lipinski definition) is 15. The summed E-state index contributed by atoms with van der Waals surface area (Å²) in [5.74, 6) is -0.668. The van der Waals surface area contributed by atoms with E-state index in [1.165, 1.54) is 109 Å². The quantitative estimate of drug-likeness (QED) is 0.0222. The molecule has 0 aromatic carbocycles. The van der Waals surface area contributed by atoms with Gasteiger partial charge in [0.15, 0.2) is 12.2 Å². The number of rotatable bonds is 62. The SMILES string of the molecule is CCCCCCCCCCCC(=O)O[C@H](COC(=O)CCCCCCCCC)COP(=O)(O)OC[C@H](O)COP(=O)(O)OC[C@@H](COC(=O)CCCCCCCCC(C)C)OC(=O)CCCCCCCCCCCCCCCCC(C)C. The molecule has 0 amide bonds. The zero-order chi connectivity index (χ0) is 60.8. The highest BCUT2D eigenvalue weighted by molar-refractivity contribution is 7.47. The number of carbonyl (C=O) groups excluding carboxylic acids is 4. The van der Waals surface area contributed by atoms with Gasteiger partial charge in [0.25, 0.3) is 0 Å². The normalized spacial score (nSPS) is 14.3. The second kappa shape index (κ2) is 55.6. The summed E-state index contributed by atoms with van der Waals surface area (Å²) in [5, 5.41) is 10.5. The average molecular weight is 1210 g/mol. The molecule has 0 aliphatic carbocycles. The maximum Gasteiger partial charge on any atom is 0.472 e. The standard InChI is InChI=1S/C63H122O17P2/c1-7-9-11-13-15-22-27-35-41-47-62(67)79-58(51-73-60(65)45-39-33-25-14-12-10-8-2)53-77-81(69,70)75-49-57(64)50-76-82(71,72)78-54-59(52-74-61(66)46-40-34-30-29-32-38-44-56(5)6)80-63(68)48-42-36-28-24-21-19-17-16-18-20-23-26-31-37-43-55(3)4/h55-59,64H,7-54H2,1-6H3,(H,69,70)(H,71,72)/t57-,58+,59+/m0/s1. The van der Waals surface area contributed by atoms with Gasteiger partial charge in [0.2, 0.25) is 0 Å². The van der Waals surface area contributed by atoms with E-state index in [1.54, 1.807) is 0 Å². The first-order valence-corrected chi connectivity index (χ1v) is 36.0. The molecule has 0 aliphatic rings. The molecule has 0 aromatic heterocycles. The number of unbranched alkanes of at least 4 members (excludes halogenated alkanes) is 32. The van der Waals surface area contributed by atoms with Crippen molar-refractivity contribution in [2.75, 3.05) is 39.6 Å². The highest BCUT2D eigenvalue weighted by Crippen LogP contribution is 2.45. The van der Waals surface area contributed by atoms with Crippen molar-refractivity contribution in [2.45, 2.75) is 330 Å². The molecule has 0 saturated heterocycles. The highest BCUT2D eigenvalue weighted by atomic mass is 31.2. The topological polar surface area (TPSA) is 237 Å². The summed E-state index contributed by atoms with van der Waals surface area (Å²) < 4.78 is 67.8. The maximum absolute atomic E-state index is 13.0. The van der Waals surface area contributed by atoms with Gasteiger partial charge in [-0.3, -0.25) is 37.3 Å². The van der Waals surface area contributed by atoms with E-state index in [0.717, 1.165) is 115 Å². The second-order valence-electron chi connectivity index (χ2n) is 23.7. The number of aliphatic hydroxyl groups is 1. The second-order valence-corrected chi connectivity index (χ2v) is 26.7. The van der Waals surface area contributed by atoms with Gasteiger partial charge in [-0.15, -0.1) is 0 Å². The van der Waals surface area contributed by atoms with Crippen molar-refractivity contribution in [3.63, 3.8) is 0 Å². The molecular weight excluding hydrogens is 1090 g/mol. The van der Waals surface area contributed by atoms with Crippen LogP contribution in [0.15, 0.2) is 0 Å². The van der Waals surface area contributed by atoms with Gasteiger partial charge in [-0.25, -0.2) is 9.13 Å². The van der Waals surface area contributed by atoms with Gasteiger partial charge in [0.1, 0.15) is 19.3 Å². The van der Waals surface area contributed by atoms with Crippen LogP contribution in [0.5, 0.6) is 0 Å². The first-order valence-electron chi connectivity index (χ1n) is 33.0. The molecule has 0 radical (unpaired) electrons. The van der Waals surface area contributed by atoms with Crippen molar-refractivity contribution in [1.29, 1.82) is 0 Å². The number of aliphatic hydroxyl groups excluding tert-OH is 1. The minimum Gasteiger partial charge on any atom is -0.462 e. The number of ether oxygens (including phenoxy) is 4. The lowest BCUT2D eigenvalue weighted by molar-refractivity contribution is -0.161. The first-order chi connectivity index (χ1) is 39.4. The van der Waals surface area contributed by atoms with E-state index >= 15 is 0 Å². The molecule has 0 bridgehead atoms. The molecule has 0 aliphatic heterocycles. The molecular formula is C63H122O17P2. The van der Waals surface area contributed by atoms with Gasteiger partial charge in [-0.1, -0.05) is 260 Å². The molecule has 0 rings (SSSR count). The molecule has 0 fully saturated rings. The predicted molar refractivity (Wildman–Crippen MR) is 326 cm³/mol. The van der Waals surface area contributed by atoms with Crippen molar-refractivity contribution < 1.29 is 80.2 Å². The summed E-state index contributed by atoms with van der Waals surface area (Å²) in [4.78, 5) is 72.0. The van der Waals surface area contributed by atoms with E-state index in [4.69, 9.17) is 37.0 Å². The van der Waals surface area contributed by atoms with Gasteiger partial charge < -0.3 is 33.8 Å². The summed E-state index contributed by atoms with van der Waals surface area (Å²) in [6, 6.07) is 0. The average Bonchev–Trinajstić information content (AvgIpc) is 3.43. The summed E-state index contributed by atoms with van der Waals surface area (Å²) in [6.07, 6.45) is 37.9. The molecule has 486 valence electrons. The lowest BCUT2D eigenvalue weighted by Gasteiger charge is -2.21. The Hall–Kier alpha value is -1.94. The van der Waals surface area contributed by atoms with Gasteiger partial charge in [0.05, 0.1) is 26.4 Å². The van der Waals surface area contributed by atoms with Crippen molar-refractivity contribution in [1.82, 2.24) is 0 Å². The Balaban J connectivity index is 5.16. The Bertz CT molecular complexity index is 1620. The zero-order valence-corrected chi connectivity index (χ0v) is 54.6. The summed E-state index contributed by atoms with van der Waals surface area (Å²) in [6.45, 7) is 9.37. The molecule has 17 nitrogen and oxygen atoms in total. The largest absolute Gasteiger partial charge is 0.472 e. The fourth-order valence-corrected chi connectivity index (χ4v) is 10.9. The van der Waals surface area contributed by atoms with E-state index in [0.29, 0.717) is 31.6 Å². The minimum absolute atomic E-state index is 0.105. The minimum atomic E-state index is -4.94. The predicted octanol–water partition coefficient (Wildman–Crippen LogP) is 17.3. The molecule has 5 atom stereocenters. The first kappa shape index (κ1) is 80.1. The number of phosphoric ester groups is 2. The number of carbonyl (C=O) groups is 4. The van der Waals surface area contributed by atoms with E-state index in [-0.39, 0.29) is 25.7 Å². The van der Waals surface area contributed by atoms with Crippen LogP contribution in [-0.4, -0.2) is 96.7 Å². The van der Waals surface area contributed by atoms with Crippen molar-refractivity contribution in [2.24, 2.45) is 11.8 Å². The number of esters is 4. The third-order valence-corrected chi connectivity index (χ3v) is 16.4. The lowest BCUT2D eigenvalue weighted by atomic mass is 10.0. The van der Waals surface area contributed by atoms with Crippen LogP contribution < -0.4 is 0 Å². The zero-order valence-electron chi connectivity index (χ0n) is 52.8. The lowest BCUT2D eigenvalue weighted by Crippen LogP contribution is -2.30. The van der Waals surface area contributed by atoms with Crippen LogP contribution in [0.3, 0.4) is 0 Å². The Morgan fingerprint density at radius 2 is 0.561 bits per heavy atom. The van der Waals surface area contributed by atoms with Crippen LogP contribution in [0.2, 0.25) is 0 Å². The van der Waals surface area contributed by atoms with Crippen LogP contribution in [-0.2, 0) is 65.4 Å². The highest BCUT2D eigenvalue weighted by Gasteiger charge is 2.30. The van der Waals surface area contributed by atoms with Crippen LogP contribution >= 0.6 is 15.6 Å². The van der Waals surface area contributed by atoms with E-state index < -0.39 is 97.5 Å². The Labute approximate surface area is 498 Å². The van der Waals surface area contributed by atoms with Gasteiger partial charge in [-0.2, -0.15) is 0 Å². The molecule has 2 unspecified atom stereocenters. The molecule has 0 aromatic rings. The van der Waals surface area contributed by atoms with Crippen LogP contribution in [0.4, 0.5) is 0 Å². The summed E-state index contributed by atoms with van der Waals surface area (Å²) >= 11 is 0. The molecule has 0 saturated carbocycles.